The van der Waals surface area contributed by atoms with Crippen LogP contribution in [0.25, 0.3) is 0 Å². The Balaban J connectivity index is 0.000000531. The van der Waals surface area contributed by atoms with E-state index in [0.29, 0.717) is 5.92 Å². The van der Waals surface area contributed by atoms with Crippen molar-refractivity contribution in [2.24, 2.45) is 0 Å². The van der Waals surface area contributed by atoms with Crippen LogP contribution in [-0.2, 0) is 6.42 Å². The Kier molecular flexibility index (Phi) is 4.18. The summed E-state index contributed by atoms with van der Waals surface area (Å²) in [6.45, 7) is 11.6. The van der Waals surface area contributed by atoms with E-state index in [1.807, 2.05) is 13.8 Å². The Hall–Kier alpha value is -0.990. The molecule has 1 aliphatic heterocycles. The molecule has 1 N–H and O–H groups in total. The molecule has 0 aliphatic carbocycles. The largest absolute Gasteiger partial charge is 0.324 e. The minimum absolute atomic E-state index is 0.528. The molecule has 0 bridgehead atoms. The van der Waals surface area contributed by atoms with E-state index < -0.39 is 0 Å². The molecule has 0 saturated carbocycles. The number of hydrogen-bond donors (Lipinski definition) is 1. The van der Waals surface area contributed by atoms with Crippen LogP contribution in [0.1, 0.15) is 57.2 Å². The van der Waals surface area contributed by atoms with Gasteiger partial charge < -0.3 is 5.43 Å². The van der Waals surface area contributed by atoms with Crippen LogP contribution in [0, 0.1) is 6.92 Å². The summed E-state index contributed by atoms with van der Waals surface area (Å²) in [5.41, 5.74) is 5.88. The Morgan fingerprint density at radius 3 is 2.53 bits per heavy atom. The zero-order valence-corrected chi connectivity index (χ0v) is 10.6. The molecule has 0 aromatic carbocycles. The molecule has 2 heterocycles. The molecule has 1 aromatic heterocycles. The average Bonchev–Trinajstić information content (AvgIpc) is 2.60. The second-order valence-corrected chi connectivity index (χ2v) is 4.00. The third-order valence-electron chi connectivity index (χ3n) is 2.61. The molecule has 0 unspecified atom stereocenters. The number of nitrogens with one attached hydrogen (secondary N) is 1. The lowest BCUT2D eigenvalue weighted by Gasteiger charge is -2.17. The Bertz CT molecular complexity index is 313. The molecule has 3 heteroatoms. The molecule has 1 aliphatic rings. The van der Waals surface area contributed by atoms with Crippen molar-refractivity contribution >= 4 is 0 Å². The molecule has 2 rings (SSSR count). The maximum Gasteiger partial charge on any atom is 0.128 e. The Morgan fingerprint density at radius 2 is 2.00 bits per heavy atom. The first-order chi connectivity index (χ1) is 7.20. The maximum absolute atomic E-state index is 4.65. The number of nitrogens with zero attached hydrogens (tertiary/aromatic N) is 2. The van der Waals surface area contributed by atoms with Gasteiger partial charge in [-0.3, -0.25) is 0 Å². The van der Waals surface area contributed by atoms with Crippen LogP contribution in [-0.4, -0.2) is 16.2 Å². The number of aromatic nitrogens is 2. The van der Waals surface area contributed by atoms with Gasteiger partial charge in [0, 0.05) is 13.0 Å². The van der Waals surface area contributed by atoms with E-state index in [0.717, 1.165) is 13.0 Å². The molecule has 3 nitrogen and oxygen atoms in total. The normalized spacial score (nSPS) is 14.0. The summed E-state index contributed by atoms with van der Waals surface area (Å²) in [7, 11) is 0. The molecular formula is C12H23N3. The van der Waals surface area contributed by atoms with E-state index in [2.05, 4.69) is 35.9 Å². The minimum Gasteiger partial charge on any atom is -0.324 e. The topological polar surface area (TPSA) is 29.9 Å². The highest BCUT2D eigenvalue weighted by Crippen LogP contribution is 2.20. The average molecular weight is 209 g/mol. The first-order valence-corrected chi connectivity index (χ1v) is 6.02. The van der Waals surface area contributed by atoms with Gasteiger partial charge >= 0.3 is 0 Å². The fourth-order valence-electron chi connectivity index (χ4n) is 1.94. The summed E-state index contributed by atoms with van der Waals surface area (Å²) in [6.07, 6.45) is 2.31. The van der Waals surface area contributed by atoms with Crippen LogP contribution in [0.5, 0.6) is 0 Å². The van der Waals surface area contributed by atoms with Crippen molar-refractivity contribution in [1.29, 1.82) is 0 Å². The molecule has 86 valence electrons. The Labute approximate surface area is 92.9 Å². The predicted octanol–water partition coefficient (Wildman–Crippen LogP) is 2.83. The third-order valence-corrected chi connectivity index (χ3v) is 2.61. The quantitative estimate of drug-likeness (QED) is 0.770. The zero-order valence-electron chi connectivity index (χ0n) is 10.6. The molecule has 0 atom stereocenters. The molecule has 15 heavy (non-hydrogen) atoms. The van der Waals surface area contributed by atoms with Gasteiger partial charge in [0.25, 0.3) is 0 Å². The summed E-state index contributed by atoms with van der Waals surface area (Å²) in [4.78, 5) is 4.65. The maximum atomic E-state index is 4.65. The number of hydrogen-bond acceptors (Lipinski definition) is 2. The van der Waals surface area contributed by atoms with E-state index in [1.54, 1.807) is 0 Å². The number of fused-ring (bicyclic) bond motifs is 1. The summed E-state index contributed by atoms with van der Waals surface area (Å²) >= 11 is 0. The molecule has 0 amide bonds. The minimum atomic E-state index is 0.528. The summed E-state index contributed by atoms with van der Waals surface area (Å²) in [6, 6.07) is 0. The van der Waals surface area contributed by atoms with Crippen molar-refractivity contribution in [3.8, 4) is 0 Å². The monoisotopic (exact) mass is 209 g/mol. The standard InChI is InChI=1S/C10H17N3.C2H6/c1-7(2)10-8(3)13-9(12-10)5-4-6-11-13;1-2/h7,11H,4-6H2,1-3H3;1-2H3. The van der Waals surface area contributed by atoms with Crippen LogP contribution < -0.4 is 5.43 Å². The van der Waals surface area contributed by atoms with Crippen molar-refractivity contribution in [2.45, 2.75) is 53.4 Å². The molecule has 0 spiro atoms. The van der Waals surface area contributed by atoms with E-state index in [1.165, 1.54) is 23.6 Å². The van der Waals surface area contributed by atoms with E-state index in [9.17, 15) is 0 Å². The van der Waals surface area contributed by atoms with Crippen molar-refractivity contribution in [3.05, 3.63) is 17.2 Å². The molecule has 0 saturated heterocycles. The zero-order chi connectivity index (χ0) is 11.4. The summed E-state index contributed by atoms with van der Waals surface area (Å²) in [5, 5.41) is 0. The second kappa shape index (κ2) is 5.19. The highest BCUT2D eigenvalue weighted by molar-refractivity contribution is 5.21. The summed E-state index contributed by atoms with van der Waals surface area (Å²) in [5.74, 6) is 1.73. The van der Waals surface area contributed by atoms with Gasteiger partial charge in [-0.15, -0.1) is 0 Å². The summed E-state index contributed by atoms with van der Waals surface area (Å²) < 4.78 is 2.15. The van der Waals surface area contributed by atoms with Crippen molar-refractivity contribution in [3.63, 3.8) is 0 Å². The molecule has 0 radical (unpaired) electrons. The first kappa shape index (κ1) is 12.1. The van der Waals surface area contributed by atoms with Crippen molar-refractivity contribution in [2.75, 3.05) is 12.0 Å². The van der Waals surface area contributed by atoms with Gasteiger partial charge in [0.2, 0.25) is 0 Å². The molecular weight excluding hydrogens is 186 g/mol. The highest BCUT2D eigenvalue weighted by Gasteiger charge is 2.17. The lowest BCUT2D eigenvalue weighted by molar-refractivity contribution is 0.638. The van der Waals surface area contributed by atoms with Crippen LogP contribution in [0.3, 0.4) is 0 Å². The van der Waals surface area contributed by atoms with Gasteiger partial charge in [-0.05, 0) is 19.3 Å². The van der Waals surface area contributed by atoms with Gasteiger partial charge in [-0.2, -0.15) is 0 Å². The predicted molar refractivity (Wildman–Crippen MR) is 64.9 cm³/mol. The SMILES string of the molecule is CC.Cc1c(C(C)C)nc2n1NCCC2. The van der Waals surface area contributed by atoms with E-state index >= 15 is 0 Å². The van der Waals surface area contributed by atoms with Gasteiger partial charge in [0.1, 0.15) is 5.82 Å². The van der Waals surface area contributed by atoms with E-state index in [-0.39, 0.29) is 0 Å². The number of rotatable bonds is 1. The number of imidazole rings is 1. The third kappa shape index (κ3) is 2.33. The van der Waals surface area contributed by atoms with Crippen LogP contribution in [0.4, 0.5) is 0 Å². The fraction of sp³-hybridized carbons (Fsp3) is 0.750. The molecule has 0 fully saturated rings. The van der Waals surface area contributed by atoms with Crippen molar-refractivity contribution < 1.29 is 0 Å². The van der Waals surface area contributed by atoms with Crippen LogP contribution >= 0.6 is 0 Å². The smallest absolute Gasteiger partial charge is 0.128 e. The van der Waals surface area contributed by atoms with Gasteiger partial charge in [-0.25, -0.2) is 9.66 Å². The highest BCUT2D eigenvalue weighted by atomic mass is 15.4. The fourth-order valence-corrected chi connectivity index (χ4v) is 1.94. The van der Waals surface area contributed by atoms with Gasteiger partial charge in [0.05, 0.1) is 11.4 Å². The van der Waals surface area contributed by atoms with Crippen LogP contribution in [0.2, 0.25) is 0 Å². The lowest BCUT2D eigenvalue weighted by Crippen LogP contribution is -2.25. The van der Waals surface area contributed by atoms with Crippen LogP contribution in [0.15, 0.2) is 0 Å². The first-order valence-electron chi connectivity index (χ1n) is 6.02. The van der Waals surface area contributed by atoms with Gasteiger partial charge in [0.15, 0.2) is 0 Å². The Morgan fingerprint density at radius 1 is 1.33 bits per heavy atom. The van der Waals surface area contributed by atoms with Gasteiger partial charge in [-0.1, -0.05) is 27.7 Å². The molecule has 1 aromatic rings. The number of aryl methyl sites for hydroxylation is 1. The van der Waals surface area contributed by atoms with E-state index in [4.69, 9.17) is 0 Å². The van der Waals surface area contributed by atoms with Crippen molar-refractivity contribution in [1.82, 2.24) is 9.66 Å². The lowest BCUT2D eigenvalue weighted by atomic mass is 10.1. The second-order valence-electron chi connectivity index (χ2n) is 4.00.